The first-order chi connectivity index (χ1) is 9.43. The molecule has 114 valence electrons. The van der Waals surface area contributed by atoms with E-state index in [4.69, 9.17) is 10.6 Å². The van der Waals surface area contributed by atoms with Crippen LogP contribution in [-0.4, -0.2) is 27.0 Å². The average molecular weight is 300 g/mol. The fourth-order valence-electron chi connectivity index (χ4n) is 2.09. The van der Waals surface area contributed by atoms with Crippen LogP contribution in [0.3, 0.4) is 0 Å². The van der Waals surface area contributed by atoms with Crippen LogP contribution in [0.2, 0.25) is 0 Å². The zero-order chi connectivity index (χ0) is 15.2. The monoisotopic (exact) mass is 300 g/mol. The highest BCUT2D eigenvalue weighted by Crippen LogP contribution is 2.28. The number of benzene rings is 1. The molecule has 0 fully saturated rings. The van der Waals surface area contributed by atoms with Crippen LogP contribution < -0.4 is 16.0 Å². The van der Waals surface area contributed by atoms with E-state index in [9.17, 15) is 8.42 Å². The Morgan fingerprint density at radius 2 is 2.10 bits per heavy atom. The van der Waals surface area contributed by atoms with Gasteiger partial charge in [0.2, 0.25) is 0 Å². The van der Waals surface area contributed by atoms with Gasteiger partial charge in [-0.1, -0.05) is 19.1 Å². The Morgan fingerprint density at radius 3 is 2.65 bits per heavy atom. The lowest BCUT2D eigenvalue weighted by atomic mass is 10.0. The summed E-state index contributed by atoms with van der Waals surface area (Å²) in [5.74, 6) is 6.74. The molecule has 1 rings (SSSR count). The highest BCUT2D eigenvalue weighted by molar-refractivity contribution is 7.91. The Balaban J connectivity index is 2.76. The predicted octanol–water partition coefficient (Wildman–Crippen LogP) is 1.72. The maximum Gasteiger partial charge on any atom is 0.150 e. The van der Waals surface area contributed by atoms with Gasteiger partial charge in [0.15, 0.2) is 0 Å². The van der Waals surface area contributed by atoms with Crippen LogP contribution in [0.15, 0.2) is 18.2 Å². The number of rotatable bonds is 8. The second-order valence-electron chi connectivity index (χ2n) is 4.84. The van der Waals surface area contributed by atoms with Crippen molar-refractivity contribution in [2.75, 3.05) is 18.6 Å². The van der Waals surface area contributed by atoms with Crippen molar-refractivity contribution in [3.63, 3.8) is 0 Å². The zero-order valence-electron chi connectivity index (χ0n) is 12.3. The SMILES string of the molecule is CCS(=O)(=O)CCCC(NN)c1ccc(C)cc1OC. The molecule has 0 heterocycles. The first kappa shape index (κ1) is 16.9. The normalized spacial score (nSPS) is 13.2. The van der Waals surface area contributed by atoms with Crippen molar-refractivity contribution >= 4 is 9.84 Å². The lowest BCUT2D eigenvalue weighted by Crippen LogP contribution is -2.29. The van der Waals surface area contributed by atoms with Crippen molar-refractivity contribution in [3.05, 3.63) is 29.3 Å². The summed E-state index contributed by atoms with van der Waals surface area (Å²) in [7, 11) is -1.31. The van der Waals surface area contributed by atoms with E-state index in [0.29, 0.717) is 12.8 Å². The molecule has 0 aromatic heterocycles. The van der Waals surface area contributed by atoms with E-state index < -0.39 is 9.84 Å². The molecule has 1 unspecified atom stereocenters. The summed E-state index contributed by atoms with van der Waals surface area (Å²) in [4.78, 5) is 0. The number of methoxy groups -OCH3 is 1. The molecule has 0 aliphatic heterocycles. The van der Waals surface area contributed by atoms with E-state index in [1.807, 2.05) is 25.1 Å². The van der Waals surface area contributed by atoms with Gasteiger partial charge in [-0.3, -0.25) is 11.3 Å². The fraction of sp³-hybridized carbons (Fsp3) is 0.571. The molecular weight excluding hydrogens is 276 g/mol. The number of ether oxygens (including phenoxy) is 1. The van der Waals surface area contributed by atoms with Crippen LogP contribution >= 0.6 is 0 Å². The molecule has 20 heavy (non-hydrogen) atoms. The molecule has 0 amide bonds. The van der Waals surface area contributed by atoms with Crippen molar-refractivity contribution in [3.8, 4) is 5.75 Å². The van der Waals surface area contributed by atoms with E-state index >= 15 is 0 Å². The minimum Gasteiger partial charge on any atom is -0.496 e. The van der Waals surface area contributed by atoms with Gasteiger partial charge < -0.3 is 4.74 Å². The van der Waals surface area contributed by atoms with Crippen LogP contribution in [0.1, 0.15) is 36.9 Å². The summed E-state index contributed by atoms with van der Waals surface area (Å²) in [5.41, 5.74) is 4.80. The van der Waals surface area contributed by atoms with Gasteiger partial charge in [-0.2, -0.15) is 0 Å². The van der Waals surface area contributed by atoms with E-state index in [1.165, 1.54) is 0 Å². The van der Waals surface area contributed by atoms with Crippen molar-refractivity contribution in [2.24, 2.45) is 5.84 Å². The lowest BCUT2D eigenvalue weighted by molar-refractivity contribution is 0.395. The third-order valence-electron chi connectivity index (χ3n) is 3.35. The lowest BCUT2D eigenvalue weighted by Gasteiger charge is -2.19. The first-order valence-electron chi connectivity index (χ1n) is 6.74. The van der Waals surface area contributed by atoms with Crippen molar-refractivity contribution in [1.29, 1.82) is 0 Å². The molecule has 3 N–H and O–H groups in total. The summed E-state index contributed by atoms with van der Waals surface area (Å²) < 4.78 is 28.4. The van der Waals surface area contributed by atoms with Gasteiger partial charge in [-0.05, 0) is 31.4 Å². The second kappa shape index (κ2) is 7.61. The van der Waals surface area contributed by atoms with E-state index in [1.54, 1.807) is 14.0 Å². The second-order valence-corrected chi connectivity index (χ2v) is 7.32. The number of nitrogens with one attached hydrogen (secondary N) is 1. The summed E-state index contributed by atoms with van der Waals surface area (Å²) in [6.45, 7) is 3.65. The molecule has 0 bridgehead atoms. The number of nitrogens with two attached hydrogens (primary N) is 1. The number of aryl methyl sites for hydroxylation is 1. The maximum absolute atomic E-state index is 11.5. The summed E-state index contributed by atoms with van der Waals surface area (Å²) >= 11 is 0. The highest BCUT2D eigenvalue weighted by atomic mass is 32.2. The summed E-state index contributed by atoms with van der Waals surface area (Å²) in [6, 6.07) is 5.79. The Kier molecular flexibility index (Phi) is 6.45. The Hall–Kier alpha value is -1.11. The molecule has 0 spiro atoms. The van der Waals surface area contributed by atoms with Gasteiger partial charge in [0.1, 0.15) is 15.6 Å². The molecule has 0 aliphatic carbocycles. The smallest absolute Gasteiger partial charge is 0.150 e. The topological polar surface area (TPSA) is 81.4 Å². The van der Waals surface area contributed by atoms with Gasteiger partial charge in [-0.15, -0.1) is 0 Å². The summed E-state index contributed by atoms with van der Waals surface area (Å²) in [6.07, 6.45) is 1.22. The average Bonchev–Trinajstić information content (AvgIpc) is 2.44. The molecule has 5 nitrogen and oxygen atoms in total. The standard InChI is InChI=1S/C14H24N2O3S/c1-4-20(17,18)9-5-6-13(16-15)12-8-7-11(2)10-14(12)19-3/h7-8,10,13,16H,4-6,9,15H2,1-3H3. The third-order valence-corrected chi connectivity index (χ3v) is 5.14. The predicted molar refractivity (Wildman–Crippen MR) is 81.4 cm³/mol. The van der Waals surface area contributed by atoms with Crippen LogP contribution in [0.25, 0.3) is 0 Å². The molecule has 0 aliphatic rings. The van der Waals surface area contributed by atoms with Crippen LogP contribution in [0, 0.1) is 6.92 Å². The molecular formula is C14H24N2O3S. The minimum absolute atomic E-state index is 0.113. The van der Waals surface area contributed by atoms with Crippen molar-refractivity contribution in [2.45, 2.75) is 32.7 Å². The maximum atomic E-state index is 11.5. The van der Waals surface area contributed by atoms with Gasteiger partial charge in [0.25, 0.3) is 0 Å². The van der Waals surface area contributed by atoms with Gasteiger partial charge in [0.05, 0.1) is 12.9 Å². The Bertz CT molecular complexity index is 529. The Labute approximate surface area is 121 Å². The largest absolute Gasteiger partial charge is 0.496 e. The van der Waals surface area contributed by atoms with Crippen LogP contribution in [0.5, 0.6) is 5.75 Å². The molecule has 0 saturated carbocycles. The number of hydrazine groups is 1. The van der Waals surface area contributed by atoms with Crippen molar-refractivity contribution < 1.29 is 13.2 Å². The van der Waals surface area contributed by atoms with E-state index in [2.05, 4.69) is 5.43 Å². The van der Waals surface area contributed by atoms with Gasteiger partial charge in [-0.25, -0.2) is 8.42 Å². The molecule has 0 radical (unpaired) electrons. The number of hydrogen-bond acceptors (Lipinski definition) is 5. The Morgan fingerprint density at radius 1 is 1.40 bits per heavy atom. The highest BCUT2D eigenvalue weighted by Gasteiger charge is 2.16. The van der Waals surface area contributed by atoms with Gasteiger partial charge >= 0.3 is 0 Å². The van der Waals surface area contributed by atoms with Gasteiger partial charge in [0, 0.05) is 17.4 Å². The molecule has 1 aromatic rings. The quantitative estimate of drug-likeness (QED) is 0.564. The van der Waals surface area contributed by atoms with E-state index in [-0.39, 0.29) is 17.5 Å². The number of sulfone groups is 1. The molecule has 1 aromatic carbocycles. The van der Waals surface area contributed by atoms with Crippen LogP contribution in [-0.2, 0) is 9.84 Å². The molecule has 1 atom stereocenters. The number of hydrogen-bond donors (Lipinski definition) is 2. The summed E-state index contributed by atoms with van der Waals surface area (Å²) in [5, 5.41) is 0. The van der Waals surface area contributed by atoms with E-state index in [0.717, 1.165) is 16.9 Å². The van der Waals surface area contributed by atoms with Crippen molar-refractivity contribution in [1.82, 2.24) is 5.43 Å². The molecule has 0 saturated heterocycles. The first-order valence-corrected chi connectivity index (χ1v) is 8.56. The van der Waals surface area contributed by atoms with Crippen LogP contribution in [0.4, 0.5) is 0 Å². The molecule has 6 heteroatoms. The minimum atomic E-state index is -2.93. The third kappa shape index (κ3) is 4.77. The zero-order valence-corrected chi connectivity index (χ0v) is 13.2. The fourth-order valence-corrected chi connectivity index (χ4v) is 2.98.